The van der Waals surface area contributed by atoms with E-state index in [1.807, 2.05) is 26.1 Å². The van der Waals surface area contributed by atoms with E-state index in [9.17, 15) is 13.2 Å². The molecule has 0 aliphatic carbocycles. The number of amides is 1. The predicted octanol–water partition coefficient (Wildman–Crippen LogP) is 0.789. The summed E-state index contributed by atoms with van der Waals surface area (Å²) in [5.74, 6) is -0.150. The minimum Gasteiger partial charge on any atom is -0.339 e. The number of piperazine rings is 1. The smallest absolute Gasteiger partial charge is 0.243 e. The molecule has 1 fully saturated rings. The molecule has 1 amide bonds. The number of hydrogen-bond acceptors (Lipinski definition) is 4. The summed E-state index contributed by atoms with van der Waals surface area (Å²) in [6.07, 6.45) is 2.03. The number of nitrogens with zero attached hydrogens (tertiary/aromatic N) is 3. The highest BCUT2D eigenvalue weighted by molar-refractivity contribution is 7.92. The fourth-order valence-corrected chi connectivity index (χ4v) is 3.43. The Morgan fingerprint density at radius 1 is 1.13 bits per heavy atom. The van der Waals surface area contributed by atoms with E-state index < -0.39 is 10.0 Å². The van der Waals surface area contributed by atoms with Crippen molar-refractivity contribution in [3.05, 3.63) is 29.8 Å². The maximum absolute atomic E-state index is 12.5. The van der Waals surface area contributed by atoms with Crippen LogP contribution in [0.2, 0.25) is 0 Å². The van der Waals surface area contributed by atoms with Crippen LogP contribution >= 0.6 is 0 Å². The van der Waals surface area contributed by atoms with E-state index in [4.69, 9.17) is 0 Å². The molecule has 0 N–H and O–H groups in total. The zero-order valence-electron chi connectivity index (χ0n) is 14.0. The molecule has 0 spiro atoms. The fourth-order valence-electron chi connectivity index (χ4n) is 2.58. The summed E-state index contributed by atoms with van der Waals surface area (Å²) in [4.78, 5) is 16.3. The zero-order chi connectivity index (χ0) is 17.0. The van der Waals surface area contributed by atoms with Crippen molar-refractivity contribution in [2.75, 3.05) is 50.3 Å². The lowest BCUT2D eigenvalue weighted by atomic mass is 10.1. The van der Waals surface area contributed by atoms with Gasteiger partial charge >= 0.3 is 0 Å². The van der Waals surface area contributed by atoms with E-state index in [0.29, 0.717) is 18.8 Å². The van der Waals surface area contributed by atoms with Crippen molar-refractivity contribution < 1.29 is 13.2 Å². The van der Waals surface area contributed by atoms with Gasteiger partial charge < -0.3 is 9.80 Å². The number of anilines is 1. The molecule has 1 aromatic rings. The van der Waals surface area contributed by atoms with Gasteiger partial charge in [0.25, 0.3) is 0 Å². The van der Waals surface area contributed by atoms with Crippen molar-refractivity contribution in [3.63, 3.8) is 0 Å². The molecule has 2 rings (SSSR count). The van der Waals surface area contributed by atoms with Gasteiger partial charge in [-0.15, -0.1) is 0 Å². The second kappa shape index (κ2) is 7.31. The van der Waals surface area contributed by atoms with Gasteiger partial charge in [0.1, 0.15) is 6.54 Å². The lowest BCUT2D eigenvalue weighted by molar-refractivity contribution is -0.131. The molecule has 7 heteroatoms. The number of rotatable bonds is 5. The van der Waals surface area contributed by atoms with Gasteiger partial charge in [0.2, 0.25) is 15.9 Å². The number of likely N-dealkylation sites (N-methyl/N-ethyl adjacent to an activating group) is 1. The van der Waals surface area contributed by atoms with E-state index >= 15 is 0 Å². The van der Waals surface area contributed by atoms with Crippen LogP contribution in [0.4, 0.5) is 5.69 Å². The third-order valence-corrected chi connectivity index (χ3v) is 5.31. The molecule has 128 valence electrons. The van der Waals surface area contributed by atoms with Crippen LogP contribution in [-0.2, 0) is 21.2 Å². The van der Waals surface area contributed by atoms with Crippen LogP contribution in [0.15, 0.2) is 24.3 Å². The van der Waals surface area contributed by atoms with E-state index in [2.05, 4.69) is 4.90 Å². The Labute approximate surface area is 138 Å². The average molecular weight is 339 g/mol. The first-order valence-electron chi connectivity index (χ1n) is 7.84. The van der Waals surface area contributed by atoms with Gasteiger partial charge in [-0.25, -0.2) is 8.42 Å². The molecule has 1 aliphatic heterocycles. The van der Waals surface area contributed by atoms with Crippen molar-refractivity contribution in [1.82, 2.24) is 9.80 Å². The summed E-state index contributed by atoms with van der Waals surface area (Å²) in [6.45, 7) is 4.81. The lowest BCUT2D eigenvalue weighted by Gasteiger charge is -2.34. The molecule has 0 radical (unpaired) electrons. The summed E-state index contributed by atoms with van der Waals surface area (Å²) in [7, 11) is -1.49. The van der Waals surface area contributed by atoms with E-state index in [1.165, 1.54) is 4.31 Å². The monoisotopic (exact) mass is 339 g/mol. The topological polar surface area (TPSA) is 60.9 Å². The maximum atomic E-state index is 12.5. The summed E-state index contributed by atoms with van der Waals surface area (Å²) in [5.41, 5.74) is 1.67. The van der Waals surface area contributed by atoms with Crippen LogP contribution in [0, 0.1) is 0 Å². The van der Waals surface area contributed by atoms with Gasteiger partial charge in [-0.1, -0.05) is 19.1 Å². The molecular formula is C16H25N3O3S. The van der Waals surface area contributed by atoms with Crippen LogP contribution in [0.1, 0.15) is 12.5 Å². The Bertz CT molecular complexity index is 635. The van der Waals surface area contributed by atoms with Crippen LogP contribution in [0.25, 0.3) is 0 Å². The summed E-state index contributed by atoms with van der Waals surface area (Å²) < 4.78 is 25.4. The van der Waals surface area contributed by atoms with Gasteiger partial charge in [-0.05, 0) is 31.2 Å². The van der Waals surface area contributed by atoms with Gasteiger partial charge in [0.05, 0.1) is 11.9 Å². The summed E-state index contributed by atoms with van der Waals surface area (Å²) in [6, 6.07) is 7.32. The maximum Gasteiger partial charge on any atom is 0.243 e. The number of aryl methyl sites for hydroxylation is 1. The van der Waals surface area contributed by atoms with Crippen molar-refractivity contribution in [3.8, 4) is 0 Å². The molecule has 0 bridgehead atoms. The minimum atomic E-state index is -3.51. The highest BCUT2D eigenvalue weighted by Crippen LogP contribution is 2.19. The Balaban J connectivity index is 2.14. The van der Waals surface area contributed by atoms with Gasteiger partial charge in [0.15, 0.2) is 0 Å². The highest BCUT2D eigenvalue weighted by Gasteiger charge is 2.25. The number of sulfonamides is 1. The van der Waals surface area contributed by atoms with E-state index in [1.54, 1.807) is 17.0 Å². The molecule has 0 atom stereocenters. The first-order chi connectivity index (χ1) is 10.8. The van der Waals surface area contributed by atoms with E-state index in [-0.39, 0.29) is 12.5 Å². The van der Waals surface area contributed by atoms with Crippen molar-refractivity contribution in [2.45, 2.75) is 13.3 Å². The van der Waals surface area contributed by atoms with Crippen molar-refractivity contribution in [2.24, 2.45) is 0 Å². The molecule has 23 heavy (non-hydrogen) atoms. The first kappa shape index (κ1) is 17.7. The number of carbonyl (C=O) groups is 1. The summed E-state index contributed by atoms with van der Waals surface area (Å²) in [5, 5.41) is 0. The Kier molecular flexibility index (Phi) is 5.64. The molecule has 1 aromatic carbocycles. The van der Waals surface area contributed by atoms with Crippen LogP contribution in [0.5, 0.6) is 0 Å². The highest BCUT2D eigenvalue weighted by atomic mass is 32.2. The zero-order valence-corrected chi connectivity index (χ0v) is 14.8. The van der Waals surface area contributed by atoms with Gasteiger partial charge in [-0.2, -0.15) is 0 Å². The SMILES string of the molecule is CCc1ccc(N(CC(=O)N2CCN(C)CC2)S(C)(=O)=O)cc1. The fraction of sp³-hybridized carbons (Fsp3) is 0.562. The molecule has 1 saturated heterocycles. The van der Waals surface area contributed by atoms with Crippen LogP contribution in [-0.4, -0.2) is 70.2 Å². The largest absolute Gasteiger partial charge is 0.339 e. The Morgan fingerprint density at radius 2 is 1.70 bits per heavy atom. The van der Waals surface area contributed by atoms with E-state index in [0.717, 1.165) is 31.3 Å². The first-order valence-corrected chi connectivity index (χ1v) is 9.69. The Morgan fingerprint density at radius 3 is 2.17 bits per heavy atom. The second-order valence-electron chi connectivity index (χ2n) is 5.97. The lowest BCUT2D eigenvalue weighted by Crippen LogP contribution is -2.50. The van der Waals surface area contributed by atoms with Gasteiger partial charge in [0, 0.05) is 26.2 Å². The predicted molar refractivity (Wildman–Crippen MR) is 92.1 cm³/mol. The third-order valence-electron chi connectivity index (χ3n) is 4.17. The summed E-state index contributed by atoms with van der Waals surface area (Å²) >= 11 is 0. The molecule has 0 saturated carbocycles. The van der Waals surface area contributed by atoms with Gasteiger partial charge in [-0.3, -0.25) is 9.10 Å². The normalized spacial score (nSPS) is 16.4. The minimum absolute atomic E-state index is 0.145. The number of carbonyl (C=O) groups excluding carboxylic acids is 1. The molecule has 0 unspecified atom stereocenters. The van der Waals surface area contributed by atoms with Crippen molar-refractivity contribution in [1.29, 1.82) is 0 Å². The molecule has 1 aliphatic rings. The molecule has 0 aromatic heterocycles. The third kappa shape index (κ3) is 4.68. The molecule has 6 nitrogen and oxygen atoms in total. The molecule has 1 heterocycles. The number of hydrogen-bond donors (Lipinski definition) is 0. The van der Waals surface area contributed by atoms with Crippen molar-refractivity contribution >= 4 is 21.6 Å². The Hall–Kier alpha value is -1.60. The van der Waals surface area contributed by atoms with Crippen LogP contribution < -0.4 is 4.31 Å². The van der Waals surface area contributed by atoms with Crippen LogP contribution in [0.3, 0.4) is 0 Å². The molecular weight excluding hydrogens is 314 g/mol. The second-order valence-corrected chi connectivity index (χ2v) is 7.88. The number of benzene rings is 1. The average Bonchev–Trinajstić information content (AvgIpc) is 2.52. The standard InChI is InChI=1S/C16H25N3O3S/c1-4-14-5-7-15(8-6-14)19(23(3,21)22)13-16(20)18-11-9-17(2)10-12-18/h5-8H,4,9-13H2,1-3H3. The quantitative estimate of drug-likeness (QED) is 0.796.